The molecule has 0 aromatic heterocycles. The van der Waals surface area contributed by atoms with Crippen LogP contribution in [0.5, 0.6) is 0 Å². The molecule has 0 radical (unpaired) electrons. The molecule has 0 bridgehead atoms. The molecule has 1 heterocycles. The molecule has 0 saturated carbocycles. The fraction of sp³-hybridized carbons (Fsp3) is 1.00. The highest BCUT2D eigenvalue weighted by atomic mass is 19.1. The largest absolute Gasteiger partial charge is 0.326 e. The minimum absolute atomic E-state index is 0.0311. The lowest BCUT2D eigenvalue weighted by Gasteiger charge is -2.39. The smallest absolute Gasteiger partial charge is 0.114 e. The van der Waals surface area contributed by atoms with Gasteiger partial charge in [-0.15, -0.1) is 0 Å². The van der Waals surface area contributed by atoms with Crippen molar-refractivity contribution in [2.75, 3.05) is 13.1 Å². The van der Waals surface area contributed by atoms with Crippen LogP contribution in [0.1, 0.15) is 71.6 Å². The van der Waals surface area contributed by atoms with Gasteiger partial charge in [0.2, 0.25) is 0 Å². The van der Waals surface area contributed by atoms with Crippen LogP contribution in [0.4, 0.5) is 4.39 Å². The molecule has 2 atom stereocenters. The topological polar surface area (TPSA) is 29.3 Å². The first-order valence-corrected chi connectivity index (χ1v) is 8.31. The molecule has 2 N–H and O–H groups in total. The molecule has 1 aliphatic rings. The van der Waals surface area contributed by atoms with Crippen molar-refractivity contribution >= 4 is 0 Å². The average Bonchev–Trinajstić information content (AvgIpc) is 2.36. The summed E-state index contributed by atoms with van der Waals surface area (Å²) in [6, 6.07) is 0.589. The van der Waals surface area contributed by atoms with E-state index in [9.17, 15) is 4.39 Å². The molecule has 1 rings (SSSR count). The molecule has 114 valence electrons. The van der Waals surface area contributed by atoms with E-state index in [4.69, 9.17) is 5.73 Å². The van der Waals surface area contributed by atoms with E-state index in [2.05, 4.69) is 18.7 Å². The number of piperidine rings is 1. The van der Waals surface area contributed by atoms with Crippen molar-refractivity contribution in [3.63, 3.8) is 0 Å². The van der Waals surface area contributed by atoms with E-state index in [1.165, 1.54) is 51.4 Å². The van der Waals surface area contributed by atoms with Gasteiger partial charge in [0.15, 0.2) is 0 Å². The van der Waals surface area contributed by atoms with Crippen molar-refractivity contribution < 1.29 is 4.39 Å². The SMILES string of the molecule is CCCCCC(CCCCC)N1CC(N)CC(F)C1. The Labute approximate surface area is 118 Å². The predicted molar refractivity (Wildman–Crippen MR) is 81.1 cm³/mol. The summed E-state index contributed by atoms with van der Waals surface area (Å²) in [5.41, 5.74) is 5.98. The Morgan fingerprint density at radius 2 is 1.63 bits per heavy atom. The second-order valence-corrected chi connectivity index (χ2v) is 6.19. The maximum atomic E-state index is 13.7. The molecule has 0 aliphatic carbocycles. The van der Waals surface area contributed by atoms with Crippen LogP contribution in [-0.2, 0) is 0 Å². The molecule has 2 nitrogen and oxygen atoms in total. The zero-order valence-electron chi connectivity index (χ0n) is 12.9. The number of likely N-dealkylation sites (tertiary alicyclic amines) is 1. The Morgan fingerprint density at radius 3 is 2.11 bits per heavy atom. The third kappa shape index (κ3) is 6.71. The molecule has 1 saturated heterocycles. The molecule has 0 spiro atoms. The summed E-state index contributed by atoms with van der Waals surface area (Å²) in [7, 11) is 0. The van der Waals surface area contributed by atoms with Gasteiger partial charge in [-0.1, -0.05) is 52.4 Å². The van der Waals surface area contributed by atoms with Gasteiger partial charge in [0.1, 0.15) is 6.17 Å². The number of halogens is 1. The highest BCUT2D eigenvalue weighted by Crippen LogP contribution is 2.22. The minimum Gasteiger partial charge on any atom is -0.326 e. The first-order chi connectivity index (χ1) is 9.17. The normalized spacial score (nSPS) is 25.1. The lowest BCUT2D eigenvalue weighted by atomic mass is 9.96. The van der Waals surface area contributed by atoms with Crippen LogP contribution >= 0.6 is 0 Å². The van der Waals surface area contributed by atoms with Crippen LogP contribution in [-0.4, -0.2) is 36.2 Å². The highest BCUT2D eigenvalue weighted by molar-refractivity contribution is 4.85. The van der Waals surface area contributed by atoms with Crippen molar-refractivity contribution in [1.29, 1.82) is 0 Å². The highest BCUT2D eigenvalue weighted by Gasteiger charge is 2.29. The maximum absolute atomic E-state index is 13.7. The fourth-order valence-corrected chi connectivity index (χ4v) is 3.18. The molecule has 1 fully saturated rings. The summed E-state index contributed by atoms with van der Waals surface area (Å²) in [5, 5.41) is 0. The van der Waals surface area contributed by atoms with E-state index >= 15 is 0 Å². The molecule has 0 amide bonds. The van der Waals surface area contributed by atoms with Crippen molar-refractivity contribution in [2.24, 2.45) is 5.73 Å². The van der Waals surface area contributed by atoms with Crippen molar-refractivity contribution in [1.82, 2.24) is 4.90 Å². The van der Waals surface area contributed by atoms with Crippen LogP contribution in [0.15, 0.2) is 0 Å². The van der Waals surface area contributed by atoms with Gasteiger partial charge < -0.3 is 5.73 Å². The number of nitrogens with two attached hydrogens (primary N) is 1. The number of unbranched alkanes of at least 4 members (excludes halogenated alkanes) is 4. The van der Waals surface area contributed by atoms with Gasteiger partial charge in [0.05, 0.1) is 0 Å². The van der Waals surface area contributed by atoms with Gasteiger partial charge in [0, 0.05) is 25.2 Å². The molecule has 1 aliphatic heterocycles. The quantitative estimate of drug-likeness (QED) is 0.645. The summed E-state index contributed by atoms with van der Waals surface area (Å²) in [4.78, 5) is 2.34. The monoisotopic (exact) mass is 272 g/mol. The molecule has 3 heteroatoms. The zero-order valence-corrected chi connectivity index (χ0v) is 12.9. The standard InChI is InChI=1S/C16H33FN2/c1-3-5-7-9-16(10-8-6-4-2)19-12-14(17)11-15(18)13-19/h14-16H,3-13,18H2,1-2H3. The molecule has 19 heavy (non-hydrogen) atoms. The number of hydrogen-bond donors (Lipinski definition) is 1. The Hall–Kier alpha value is -0.150. The molecular formula is C16H33FN2. The van der Waals surface area contributed by atoms with Gasteiger partial charge in [-0.25, -0.2) is 4.39 Å². The second kappa shape index (κ2) is 9.71. The third-order valence-electron chi connectivity index (χ3n) is 4.26. The van der Waals surface area contributed by atoms with Crippen molar-refractivity contribution in [3.05, 3.63) is 0 Å². The summed E-state index contributed by atoms with van der Waals surface area (Å²) in [5.74, 6) is 0. The van der Waals surface area contributed by atoms with E-state index in [1.54, 1.807) is 0 Å². The van der Waals surface area contributed by atoms with E-state index in [-0.39, 0.29) is 6.04 Å². The Kier molecular flexibility index (Phi) is 8.64. The number of rotatable bonds is 9. The van der Waals surface area contributed by atoms with E-state index in [0.717, 1.165) is 6.54 Å². The fourth-order valence-electron chi connectivity index (χ4n) is 3.18. The van der Waals surface area contributed by atoms with Gasteiger partial charge in [-0.3, -0.25) is 4.90 Å². The number of hydrogen-bond acceptors (Lipinski definition) is 2. The predicted octanol–water partition coefficient (Wildman–Crippen LogP) is 3.89. The Bertz CT molecular complexity index is 203. The van der Waals surface area contributed by atoms with Crippen LogP contribution in [0.3, 0.4) is 0 Å². The van der Waals surface area contributed by atoms with Crippen LogP contribution < -0.4 is 5.73 Å². The van der Waals surface area contributed by atoms with Crippen LogP contribution in [0, 0.1) is 0 Å². The van der Waals surface area contributed by atoms with Gasteiger partial charge in [-0.05, 0) is 19.3 Å². The molecule has 2 unspecified atom stereocenters. The van der Waals surface area contributed by atoms with Crippen molar-refractivity contribution in [2.45, 2.75) is 89.9 Å². The first kappa shape index (κ1) is 16.9. The lowest BCUT2D eigenvalue weighted by molar-refractivity contribution is 0.0759. The maximum Gasteiger partial charge on any atom is 0.114 e. The summed E-state index contributed by atoms with van der Waals surface area (Å²) in [6.07, 6.45) is 9.92. The van der Waals surface area contributed by atoms with Crippen LogP contribution in [0.2, 0.25) is 0 Å². The van der Waals surface area contributed by atoms with E-state index in [1.807, 2.05) is 0 Å². The van der Waals surface area contributed by atoms with Crippen LogP contribution in [0.25, 0.3) is 0 Å². The number of alkyl halides is 1. The van der Waals surface area contributed by atoms with Gasteiger partial charge >= 0.3 is 0 Å². The van der Waals surface area contributed by atoms with E-state index < -0.39 is 6.17 Å². The molecular weight excluding hydrogens is 239 g/mol. The summed E-state index contributed by atoms with van der Waals surface area (Å²) >= 11 is 0. The number of nitrogens with zero attached hydrogens (tertiary/aromatic N) is 1. The third-order valence-corrected chi connectivity index (χ3v) is 4.26. The summed E-state index contributed by atoms with van der Waals surface area (Å²) < 4.78 is 13.7. The molecule has 0 aromatic rings. The van der Waals surface area contributed by atoms with Crippen molar-refractivity contribution in [3.8, 4) is 0 Å². The summed E-state index contributed by atoms with van der Waals surface area (Å²) in [6.45, 7) is 5.97. The van der Waals surface area contributed by atoms with E-state index in [0.29, 0.717) is 19.0 Å². The lowest BCUT2D eigenvalue weighted by Crippen LogP contribution is -2.51. The minimum atomic E-state index is -0.719. The molecule has 0 aromatic carbocycles. The van der Waals surface area contributed by atoms with Gasteiger partial charge in [-0.2, -0.15) is 0 Å². The first-order valence-electron chi connectivity index (χ1n) is 8.31. The average molecular weight is 272 g/mol. The van der Waals surface area contributed by atoms with Gasteiger partial charge in [0.25, 0.3) is 0 Å². The Balaban J connectivity index is 2.44. The zero-order chi connectivity index (χ0) is 14.1. The Morgan fingerprint density at radius 1 is 1.05 bits per heavy atom. The second-order valence-electron chi connectivity index (χ2n) is 6.19.